The van der Waals surface area contributed by atoms with Crippen molar-refractivity contribution in [1.29, 1.82) is 0 Å². The van der Waals surface area contributed by atoms with E-state index in [1.165, 1.54) is 45.2 Å². The lowest BCUT2D eigenvalue weighted by atomic mass is 9.85. The molecule has 0 saturated carbocycles. The summed E-state index contributed by atoms with van der Waals surface area (Å²) in [5, 5.41) is 0. The van der Waals surface area contributed by atoms with Crippen LogP contribution in [-0.2, 0) is 0 Å². The molecular weight excluding hydrogens is 166 g/mol. The molecule has 2 aliphatic heterocycles. The van der Waals surface area contributed by atoms with Gasteiger partial charge in [-0.25, -0.2) is 0 Å². The minimum atomic E-state index is 0.928. The Hall–Kier alpha value is 0.310. The van der Waals surface area contributed by atoms with E-state index in [9.17, 15) is 0 Å². The topological polar surface area (TPSA) is 4.44 Å². The van der Waals surface area contributed by atoms with E-state index < -0.39 is 0 Å². The summed E-state index contributed by atoms with van der Waals surface area (Å²) in [6, 6.07) is 0.977. The van der Waals surface area contributed by atoms with Crippen LogP contribution in [0.5, 0.6) is 0 Å². The zero-order valence-electron chi connectivity index (χ0n) is 7.76. The quantitative estimate of drug-likeness (QED) is 0.558. The molecule has 2 fully saturated rings. The van der Waals surface area contributed by atoms with E-state index in [-0.39, 0.29) is 0 Å². The maximum Gasteiger partial charge on any atom is 0.0911 e. The lowest BCUT2D eigenvalue weighted by Gasteiger charge is -2.40. The first-order chi connectivity index (χ1) is 5.92. The summed E-state index contributed by atoms with van der Waals surface area (Å²) in [4.78, 5) is 1.89. The summed E-state index contributed by atoms with van der Waals surface area (Å²) < 4.78 is 0. The van der Waals surface area contributed by atoms with Gasteiger partial charge in [0.25, 0.3) is 0 Å². The first-order valence-corrected chi connectivity index (χ1v) is 6.00. The normalized spacial score (nSPS) is 42.2. The number of hydrogen-bond acceptors (Lipinski definition) is 1. The van der Waals surface area contributed by atoms with E-state index in [1.54, 1.807) is 0 Å². The molecule has 0 aliphatic carbocycles. The number of rotatable bonds is 1. The Morgan fingerprint density at radius 3 is 2.75 bits per heavy atom. The van der Waals surface area contributed by atoms with Crippen molar-refractivity contribution >= 4 is 12.6 Å². The van der Waals surface area contributed by atoms with Gasteiger partial charge < -0.3 is 4.90 Å². The third-order valence-electron chi connectivity index (χ3n) is 3.66. The molecule has 0 aromatic rings. The number of quaternary nitrogens is 1. The number of piperidine rings is 2. The fraction of sp³-hybridized carbons (Fsp3) is 1.00. The van der Waals surface area contributed by atoms with Crippen molar-refractivity contribution < 1.29 is 4.90 Å². The number of hydrogen-bond donors (Lipinski definition) is 2. The van der Waals surface area contributed by atoms with E-state index in [0.29, 0.717) is 0 Å². The van der Waals surface area contributed by atoms with Gasteiger partial charge in [0.15, 0.2) is 0 Å². The molecular formula is C10H20NS+. The van der Waals surface area contributed by atoms with Crippen molar-refractivity contribution in [3.63, 3.8) is 0 Å². The molecule has 3 atom stereocenters. The summed E-state index contributed by atoms with van der Waals surface area (Å²) >= 11 is 4.47. The zero-order valence-corrected chi connectivity index (χ0v) is 8.65. The van der Waals surface area contributed by atoms with Crippen LogP contribution >= 0.6 is 12.6 Å². The average Bonchev–Trinajstić information content (AvgIpc) is 2.17. The van der Waals surface area contributed by atoms with Gasteiger partial charge in [0.1, 0.15) is 0 Å². The first kappa shape index (κ1) is 8.89. The predicted molar refractivity (Wildman–Crippen MR) is 54.9 cm³/mol. The molecule has 1 N–H and O–H groups in total. The van der Waals surface area contributed by atoms with Crippen LogP contribution in [0.25, 0.3) is 0 Å². The fourth-order valence-corrected chi connectivity index (χ4v) is 3.43. The Kier molecular flexibility index (Phi) is 2.97. The molecule has 0 bridgehead atoms. The molecule has 2 heteroatoms. The largest absolute Gasteiger partial charge is 0.332 e. The molecule has 1 nitrogen and oxygen atoms in total. The van der Waals surface area contributed by atoms with Gasteiger partial charge in [-0.2, -0.15) is 12.6 Å². The van der Waals surface area contributed by atoms with Crippen LogP contribution in [0.15, 0.2) is 0 Å². The highest BCUT2D eigenvalue weighted by atomic mass is 32.1. The zero-order chi connectivity index (χ0) is 8.39. The second-order valence-electron chi connectivity index (χ2n) is 4.35. The first-order valence-electron chi connectivity index (χ1n) is 5.37. The van der Waals surface area contributed by atoms with Crippen molar-refractivity contribution in [2.45, 2.75) is 38.1 Å². The Bertz CT molecular complexity index is 140. The minimum Gasteiger partial charge on any atom is -0.332 e. The summed E-state index contributed by atoms with van der Waals surface area (Å²) in [5.41, 5.74) is 0. The standard InChI is InChI=1S/C10H19NS/c12-8-9-4-3-7-11-6-2-1-5-10(9)11/h9-10,12H,1-8H2/p+1/t9-,10-/m0/s1. The lowest BCUT2D eigenvalue weighted by molar-refractivity contribution is -0.939. The van der Waals surface area contributed by atoms with Gasteiger partial charge in [0, 0.05) is 5.92 Å². The van der Waals surface area contributed by atoms with E-state index in [0.717, 1.165) is 17.7 Å². The number of nitrogens with one attached hydrogen (secondary N) is 1. The van der Waals surface area contributed by atoms with E-state index in [1.807, 2.05) is 4.90 Å². The van der Waals surface area contributed by atoms with Crippen LogP contribution in [0.4, 0.5) is 0 Å². The highest BCUT2D eigenvalue weighted by molar-refractivity contribution is 7.80. The molecule has 2 saturated heterocycles. The molecule has 12 heavy (non-hydrogen) atoms. The highest BCUT2D eigenvalue weighted by Crippen LogP contribution is 2.20. The van der Waals surface area contributed by atoms with Crippen molar-refractivity contribution in [2.75, 3.05) is 18.8 Å². The SMILES string of the molecule is SC[C@@H]1CCC[NH+]2CCCC[C@@H]12. The molecule has 0 spiro atoms. The van der Waals surface area contributed by atoms with Crippen molar-refractivity contribution in [2.24, 2.45) is 5.92 Å². The van der Waals surface area contributed by atoms with Gasteiger partial charge in [0.05, 0.1) is 19.1 Å². The molecule has 0 radical (unpaired) electrons. The van der Waals surface area contributed by atoms with Crippen molar-refractivity contribution in [3.8, 4) is 0 Å². The van der Waals surface area contributed by atoms with E-state index in [4.69, 9.17) is 0 Å². The van der Waals surface area contributed by atoms with Gasteiger partial charge in [-0.05, 0) is 37.9 Å². The van der Waals surface area contributed by atoms with Crippen LogP contribution in [0.2, 0.25) is 0 Å². The van der Waals surface area contributed by atoms with Crippen molar-refractivity contribution in [1.82, 2.24) is 0 Å². The Balaban J connectivity index is 1.99. The number of fused-ring (bicyclic) bond motifs is 1. The molecule has 2 aliphatic rings. The van der Waals surface area contributed by atoms with Crippen LogP contribution in [0, 0.1) is 5.92 Å². The third-order valence-corrected chi connectivity index (χ3v) is 4.13. The summed E-state index contributed by atoms with van der Waals surface area (Å²) in [6.07, 6.45) is 7.29. The van der Waals surface area contributed by atoms with Crippen molar-refractivity contribution in [3.05, 3.63) is 0 Å². The summed E-state index contributed by atoms with van der Waals surface area (Å²) in [7, 11) is 0. The molecule has 70 valence electrons. The molecule has 0 aromatic carbocycles. The Morgan fingerprint density at radius 2 is 1.92 bits per heavy atom. The predicted octanol–water partition coefficient (Wildman–Crippen LogP) is 0.764. The molecule has 0 aromatic heterocycles. The summed E-state index contributed by atoms with van der Waals surface area (Å²) in [5.74, 6) is 2.05. The molecule has 2 rings (SSSR count). The molecule has 2 heterocycles. The monoisotopic (exact) mass is 186 g/mol. The second kappa shape index (κ2) is 4.01. The summed E-state index contributed by atoms with van der Waals surface area (Å²) in [6.45, 7) is 2.88. The van der Waals surface area contributed by atoms with Gasteiger partial charge in [0.2, 0.25) is 0 Å². The smallest absolute Gasteiger partial charge is 0.0911 e. The Labute approximate surface area is 80.9 Å². The Morgan fingerprint density at radius 1 is 1.08 bits per heavy atom. The van der Waals surface area contributed by atoms with Crippen LogP contribution in [-0.4, -0.2) is 24.9 Å². The van der Waals surface area contributed by atoms with Gasteiger partial charge in [-0.3, -0.25) is 0 Å². The highest BCUT2D eigenvalue weighted by Gasteiger charge is 2.35. The second-order valence-corrected chi connectivity index (χ2v) is 4.71. The van der Waals surface area contributed by atoms with Gasteiger partial charge in [-0.1, -0.05) is 0 Å². The van der Waals surface area contributed by atoms with Crippen LogP contribution in [0.1, 0.15) is 32.1 Å². The van der Waals surface area contributed by atoms with E-state index >= 15 is 0 Å². The van der Waals surface area contributed by atoms with E-state index in [2.05, 4.69) is 12.6 Å². The molecule has 1 unspecified atom stereocenters. The lowest BCUT2D eigenvalue weighted by Crippen LogP contribution is -3.18. The third kappa shape index (κ3) is 1.64. The van der Waals surface area contributed by atoms with Crippen LogP contribution in [0.3, 0.4) is 0 Å². The van der Waals surface area contributed by atoms with Gasteiger partial charge >= 0.3 is 0 Å². The fourth-order valence-electron chi connectivity index (χ4n) is 3.00. The maximum absolute atomic E-state index is 4.47. The minimum absolute atomic E-state index is 0.928. The van der Waals surface area contributed by atoms with Gasteiger partial charge in [-0.15, -0.1) is 0 Å². The van der Waals surface area contributed by atoms with Crippen LogP contribution < -0.4 is 4.90 Å². The average molecular weight is 186 g/mol. The number of thiol groups is 1. The molecule has 0 amide bonds. The maximum atomic E-state index is 4.47.